The van der Waals surface area contributed by atoms with Crippen LogP contribution in [0.4, 0.5) is 4.39 Å². The van der Waals surface area contributed by atoms with Gasteiger partial charge in [0.15, 0.2) is 0 Å². The van der Waals surface area contributed by atoms with Gasteiger partial charge in [0.2, 0.25) is 6.08 Å². The Bertz CT molecular complexity index is 470. The van der Waals surface area contributed by atoms with Crippen molar-refractivity contribution in [2.45, 2.75) is 31.2 Å². The fourth-order valence-electron chi connectivity index (χ4n) is 2.34. The second kappa shape index (κ2) is 4.89. The van der Waals surface area contributed by atoms with E-state index in [1.165, 1.54) is 6.07 Å². The third kappa shape index (κ3) is 2.30. The highest BCUT2D eigenvalue weighted by atomic mass is 79.9. The molecule has 0 aliphatic heterocycles. The molecule has 2 nitrogen and oxygen atoms in total. The van der Waals surface area contributed by atoms with E-state index < -0.39 is 11.4 Å². The van der Waals surface area contributed by atoms with E-state index >= 15 is 0 Å². The molecule has 0 unspecified atom stereocenters. The summed E-state index contributed by atoms with van der Waals surface area (Å²) in [6.45, 7) is 0. The summed E-state index contributed by atoms with van der Waals surface area (Å²) in [6, 6.07) is 3.09. The van der Waals surface area contributed by atoms with Crippen molar-refractivity contribution < 1.29 is 9.18 Å². The van der Waals surface area contributed by atoms with Crippen LogP contribution in [-0.4, -0.2) is 6.08 Å². The Morgan fingerprint density at radius 1 is 1.41 bits per heavy atom. The van der Waals surface area contributed by atoms with Crippen molar-refractivity contribution in [1.29, 1.82) is 0 Å². The molecule has 0 saturated heterocycles. The number of rotatable bonds is 2. The molecule has 1 aliphatic carbocycles. The average molecular weight is 319 g/mol. The Balaban J connectivity index is 2.54. The Kier molecular flexibility index (Phi) is 3.67. The SMILES string of the molecule is O=C=NC1(c2cc(F)c(Cl)c(Br)c2)CCCC1. The molecule has 0 heterocycles. The number of carbonyl (C=O) groups excluding carboxylic acids is 1. The molecule has 0 radical (unpaired) electrons. The summed E-state index contributed by atoms with van der Waals surface area (Å²) in [5, 5.41) is 0.0528. The summed E-state index contributed by atoms with van der Waals surface area (Å²) < 4.78 is 14.1. The lowest BCUT2D eigenvalue weighted by Gasteiger charge is -2.23. The number of hydrogen-bond donors (Lipinski definition) is 0. The van der Waals surface area contributed by atoms with Gasteiger partial charge in [-0.15, -0.1) is 0 Å². The number of halogens is 3. The second-order valence-corrected chi connectivity index (χ2v) is 5.43. The highest BCUT2D eigenvalue weighted by Crippen LogP contribution is 2.44. The smallest absolute Gasteiger partial charge is 0.211 e. The minimum atomic E-state index is -0.615. The first-order valence-electron chi connectivity index (χ1n) is 5.33. The normalized spacial score (nSPS) is 17.8. The van der Waals surface area contributed by atoms with Crippen LogP contribution in [0, 0.1) is 5.82 Å². The van der Waals surface area contributed by atoms with Crippen molar-refractivity contribution in [2.24, 2.45) is 4.99 Å². The molecule has 1 aromatic rings. The molecule has 0 spiro atoms. The first-order chi connectivity index (χ1) is 8.09. The Hall–Kier alpha value is -0.700. The van der Waals surface area contributed by atoms with Crippen LogP contribution in [0.5, 0.6) is 0 Å². The molecule has 0 aromatic heterocycles. The van der Waals surface area contributed by atoms with Crippen LogP contribution in [0.25, 0.3) is 0 Å². The van der Waals surface area contributed by atoms with E-state index in [4.69, 9.17) is 11.6 Å². The maximum absolute atomic E-state index is 13.6. The van der Waals surface area contributed by atoms with E-state index in [9.17, 15) is 9.18 Å². The number of benzene rings is 1. The molecule has 0 N–H and O–H groups in total. The molecule has 17 heavy (non-hydrogen) atoms. The zero-order valence-electron chi connectivity index (χ0n) is 8.97. The van der Waals surface area contributed by atoms with E-state index in [0.717, 1.165) is 25.7 Å². The molecule has 1 aromatic carbocycles. The van der Waals surface area contributed by atoms with Crippen molar-refractivity contribution in [3.8, 4) is 0 Å². The summed E-state index contributed by atoms with van der Waals surface area (Å²) in [5.41, 5.74) is 0.0718. The zero-order chi connectivity index (χ0) is 12.5. The first-order valence-corrected chi connectivity index (χ1v) is 6.50. The Labute approximate surface area is 112 Å². The zero-order valence-corrected chi connectivity index (χ0v) is 11.3. The van der Waals surface area contributed by atoms with Crippen molar-refractivity contribution in [2.75, 3.05) is 0 Å². The first kappa shape index (κ1) is 12.7. The van der Waals surface area contributed by atoms with Gasteiger partial charge in [-0.2, -0.15) is 4.99 Å². The van der Waals surface area contributed by atoms with Crippen LogP contribution in [0.15, 0.2) is 21.6 Å². The lowest BCUT2D eigenvalue weighted by Crippen LogP contribution is -2.19. The number of nitrogens with zero attached hydrogens (tertiary/aromatic N) is 1. The molecule has 1 saturated carbocycles. The van der Waals surface area contributed by atoms with Gasteiger partial charge >= 0.3 is 0 Å². The average Bonchev–Trinajstić information content (AvgIpc) is 2.75. The Morgan fingerprint density at radius 3 is 2.59 bits per heavy atom. The maximum atomic E-state index is 13.6. The molecule has 2 rings (SSSR count). The van der Waals surface area contributed by atoms with Crippen LogP contribution in [0.2, 0.25) is 5.02 Å². The molecule has 5 heteroatoms. The van der Waals surface area contributed by atoms with Crippen molar-refractivity contribution in [1.82, 2.24) is 0 Å². The molecule has 0 amide bonds. The second-order valence-electron chi connectivity index (χ2n) is 4.20. The summed E-state index contributed by atoms with van der Waals surface area (Å²) in [7, 11) is 0. The quantitative estimate of drug-likeness (QED) is 0.453. The van der Waals surface area contributed by atoms with Gasteiger partial charge in [-0.25, -0.2) is 9.18 Å². The largest absolute Gasteiger partial charge is 0.235 e. The fraction of sp³-hybridized carbons (Fsp3) is 0.417. The lowest BCUT2D eigenvalue weighted by molar-refractivity contribution is 0.452. The van der Waals surface area contributed by atoms with Crippen LogP contribution in [0.3, 0.4) is 0 Å². The predicted octanol–water partition coefficient (Wildman–Crippen LogP) is 4.35. The molecule has 0 atom stereocenters. The van der Waals surface area contributed by atoms with E-state index in [1.807, 2.05) is 0 Å². The Morgan fingerprint density at radius 2 is 2.06 bits per heavy atom. The standard InChI is InChI=1S/C12H10BrClFNO/c13-9-5-8(6-10(15)11(9)14)12(16-7-17)3-1-2-4-12/h5-6H,1-4H2. The van der Waals surface area contributed by atoms with Crippen LogP contribution >= 0.6 is 27.5 Å². The third-order valence-electron chi connectivity index (χ3n) is 3.21. The number of aliphatic imine (C=N–C) groups is 1. The summed E-state index contributed by atoms with van der Waals surface area (Å²) in [6.07, 6.45) is 5.06. The highest BCUT2D eigenvalue weighted by molar-refractivity contribution is 9.10. The molecular weight excluding hydrogens is 308 g/mol. The van der Waals surface area contributed by atoms with Gasteiger partial charge in [0.1, 0.15) is 5.82 Å². The lowest BCUT2D eigenvalue weighted by atomic mass is 9.89. The monoisotopic (exact) mass is 317 g/mol. The minimum Gasteiger partial charge on any atom is -0.211 e. The van der Waals surface area contributed by atoms with Crippen LogP contribution in [-0.2, 0) is 10.3 Å². The van der Waals surface area contributed by atoms with E-state index in [0.29, 0.717) is 10.0 Å². The molecular formula is C12H10BrClFNO. The van der Waals surface area contributed by atoms with Gasteiger partial charge in [-0.05, 0) is 46.5 Å². The number of isocyanates is 1. The fourth-order valence-corrected chi connectivity index (χ4v) is 2.88. The van der Waals surface area contributed by atoms with Gasteiger partial charge < -0.3 is 0 Å². The predicted molar refractivity (Wildman–Crippen MR) is 67.4 cm³/mol. The van der Waals surface area contributed by atoms with E-state index in [2.05, 4.69) is 20.9 Å². The molecule has 0 bridgehead atoms. The molecule has 1 aliphatic rings. The highest BCUT2D eigenvalue weighted by Gasteiger charge is 2.36. The summed E-state index contributed by atoms with van der Waals surface area (Å²) >= 11 is 8.96. The third-order valence-corrected chi connectivity index (χ3v) is 4.45. The van der Waals surface area contributed by atoms with E-state index in [-0.39, 0.29) is 5.02 Å². The van der Waals surface area contributed by atoms with Gasteiger partial charge in [-0.1, -0.05) is 24.4 Å². The van der Waals surface area contributed by atoms with Crippen molar-refractivity contribution >= 4 is 33.6 Å². The van der Waals surface area contributed by atoms with Gasteiger partial charge in [0.05, 0.1) is 10.6 Å². The van der Waals surface area contributed by atoms with Crippen molar-refractivity contribution in [3.63, 3.8) is 0 Å². The van der Waals surface area contributed by atoms with Crippen molar-refractivity contribution in [3.05, 3.63) is 33.0 Å². The van der Waals surface area contributed by atoms with Gasteiger partial charge in [0, 0.05) is 4.47 Å². The van der Waals surface area contributed by atoms with Crippen LogP contribution in [0.1, 0.15) is 31.2 Å². The maximum Gasteiger partial charge on any atom is 0.235 e. The summed E-state index contributed by atoms with van der Waals surface area (Å²) in [5.74, 6) is -0.497. The molecule has 1 fully saturated rings. The van der Waals surface area contributed by atoms with Gasteiger partial charge in [0.25, 0.3) is 0 Å². The van der Waals surface area contributed by atoms with Gasteiger partial charge in [-0.3, -0.25) is 0 Å². The minimum absolute atomic E-state index is 0.0528. The number of hydrogen-bond acceptors (Lipinski definition) is 2. The topological polar surface area (TPSA) is 29.4 Å². The molecule has 90 valence electrons. The summed E-state index contributed by atoms with van der Waals surface area (Å²) in [4.78, 5) is 14.5. The van der Waals surface area contributed by atoms with E-state index in [1.54, 1.807) is 12.1 Å². The van der Waals surface area contributed by atoms with Crippen LogP contribution < -0.4 is 0 Å².